The number of hydrogen-bond donors (Lipinski definition) is 0. The molecule has 0 aliphatic carbocycles. The van der Waals surface area contributed by atoms with Crippen LogP contribution in [0.5, 0.6) is 0 Å². The van der Waals surface area contributed by atoms with E-state index in [1.165, 1.54) is 17.7 Å². The maximum atomic E-state index is 11.6. The van der Waals surface area contributed by atoms with Gasteiger partial charge >= 0.3 is 5.97 Å². The van der Waals surface area contributed by atoms with Gasteiger partial charge in [0.2, 0.25) is 0 Å². The molecule has 0 radical (unpaired) electrons. The first-order chi connectivity index (χ1) is 9.20. The lowest BCUT2D eigenvalue weighted by Crippen LogP contribution is -2.15. The van der Waals surface area contributed by atoms with Crippen molar-refractivity contribution in [3.63, 3.8) is 0 Å². The van der Waals surface area contributed by atoms with Crippen molar-refractivity contribution in [2.24, 2.45) is 0 Å². The van der Waals surface area contributed by atoms with Crippen LogP contribution in [0.25, 0.3) is 0 Å². The normalized spacial score (nSPS) is 12.6. The molecular weight excluding hydrogens is 258 g/mol. The Hall–Kier alpha value is -1.94. The van der Waals surface area contributed by atoms with Crippen molar-refractivity contribution in [2.45, 2.75) is 9.79 Å². The zero-order chi connectivity index (χ0) is 13.4. The number of carbonyl (C=O) groups is 1. The summed E-state index contributed by atoms with van der Waals surface area (Å²) >= 11 is 1.68. The lowest BCUT2D eigenvalue weighted by molar-refractivity contribution is 0.0600. The minimum Gasteiger partial charge on any atom is -0.465 e. The Morgan fingerprint density at radius 3 is 2.63 bits per heavy atom. The summed E-state index contributed by atoms with van der Waals surface area (Å²) in [5.74, 6) is -0.301. The average Bonchev–Trinajstić information content (AvgIpc) is 2.46. The fraction of sp³-hybridized carbons (Fsp3) is 0.133. The van der Waals surface area contributed by atoms with Crippen LogP contribution in [0.2, 0.25) is 0 Å². The Balaban J connectivity index is 2.08. The van der Waals surface area contributed by atoms with E-state index in [0.29, 0.717) is 5.56 Å². The van der Waals surface area contributed by atoms with Crippen LogP contribution in [0, 0.1) is 0 Å². The summed E-state index contributed by atoms with van der Waals surface area (Å²) in [5, 5.41) is 0. The number of methoxy groups -OCH3 is 1. The second-order valence-corrected chi connectivity index (χ2v) is 5.39. The molecule has 1 aliphatic rings. The Kier molecular flexibility index (Phi) is 2.95. The number of anilines is 2. The van der Waals surface area contributed by atoms with Gasteiger partial charge in [-0.25, -0.2) is 4.79 Å². The van der Waals surface area contributed by atoms with Crippen LogP contribution in [0.3, 0.4) is 0 Å². The van der Waals surface area contributed by atoms with Crippen molar-refractivity contribution < 1.29 is 9.53 Å². The largest absolute Gasteiger partial charge is 0.465 e. The molecule has 96 valence electrons. The van der Waals surface area contributed by atoms with Crippen molar-refractivity contribution in [3.05, 3.63) is 48.0 Å². The van der Waals surface area contributed by atoms with Crippen molar-refractivity contribution in [3.8, 4) is 0 Å². The summed E-state index contributed by atoms with van der Waals surface area (Å²) in [5.41, 5.74) is 2.88. The van der Waals surface area contributed by atoms with E-state index in [0.717, 1.165) is 10.6 Å². The Labute approximate surface area is 116 Å². The minimum absolute atomic E-state index is 0.301. The van der Waals surface area contributed by atoms with Gasteiger partial charge in [0.05, 0.1) is 24.0 Å². The first-order valence-corrected chi connectivity index (χ1v) is 6.75. The van der Waals surface area contributed by atoms with Crippen molar-refractivity contribution in [1.82, 2.24) is 0 Å². The van der Waals surface area contributed by atoms with Crippen LogP contribution in [-0.2, 0) is 4.74 Å². The highest BCUT2D eigenvalue weighted by atomic mass is 32.2. The molecule has 3 rings (SSSR count). The molecule has 0 unspecified atom stereocenters. The molecule has 1 heterocycles. The van der Waals surface area contributed by atoms with E-state index in [-0.39, 0.29) is 5.97 Å². The van der Waals surface area contributed by atoms with Gasteiger partial charge in [-0.1, -0.05) is 23.9 Å². The highest BCUT2D eigenvalue weighted by Gasteiger charge is 2.21. The Morgan fingerprint density at radius 1 is 1.11 bits per heavy atom. The van der Waals surface area contributed by atoms with Gasteiger partial charge in [0, 0.05) is 16.8 Å². The van der Waals surface area contributed by atoms with Crippen molar-refractivity contribution >= 4 is 29.1 Å². The molecule has 0 saturated heterocycles. The molecule has 0 saturated carbocycles. The van der Waals surface area contributed by atoms with Crippen LogP contribution in [-0.4, -0.2) is 20.1 Å². The van der Waals surface area contributed by atoms with E-state index in [4.69, 9.17) is 4.74 Å². The van der Waals surface area contributed by atoms with Gasteiger partial charge in [0.15, 0.2) is 0 Å². The van der Waals surface area contributed by atoms with Gasteiger partial charge in [-0.3, -0.25) is 0 Å². The molecule has 4 heteroatoms. The fourth-order valence-electron chi connectivity index (χ4n) is 2.19. The number of ether oxygens (including phenoxy) is 1. The van der Waals surface area contributed by atoms with Gasteiger partial charge in [-0.05, 0) is 30.3 Å². The van der Waals surface area contributed by atoms with Crippen LogP contribution < -0.4 is 4.90 Å². The molecule has 0 N–H and O–H groups in total. The highest BCUT2D eigenvalue weighted by Crippen LogP contribution is 2.47. The lowest BCUT2D eigenvalue weighted by atomic mass is 10.1. The lowest BCUT2D eigenvalue weighted by Gasteiger charge is -2.29. The molecule has 0 amide bonds. The molecule has 0 atom stereocenters. The maximum Gasteiger partial charge on any atom is 0.337 e. The molecule has 0 bridgehead atoms. The molecular formula is C15H13NO2S. The standard InChI is InChI=1S/C15H13NO2S/c1-16-11-5-3-4-6-13(11)19-14-9-10(15(17)18-2)7-8-12(14)16/h3-9H,1-2H3. The second kappa shape index (κ2) is 4.63. The maximum absolute atomic E-state index is 11.6. The van der Waals surface area contributed by atoms with Gasteiger partial charge in [0.1, 0.15) is 0 Å². The third kappa shape index (κ3) is 1.98. The first-order valence-electron chi connectivity index (χ1n) is 5.93. The molecule has 19 heavy (non-hydrogen) atoms. The van der Waals surface area contributed by atoms with E-state index < -0.39 is 0 Å². The van der Waals surface area contributed by atoms with Crippen LogP contribution >= 0.6 is 11.8 Å². The molecule has 0 fully saturated rings. The number of nitrogens with zero attached hydrogens (tertiary/aromatic N) is 1. The third-order valence-corrected chi connectivity index (χ3v) is 4.30. The van der Waals surface area contributed by atoms with E-state index in [1.54, 1.807) is 17.8 Å². The summed E-state index contributed by atoms with van der Waals surface area (Å²) in [7, 11) is 3.44. The van der Waals surface area contributed by atoms with Gasteiger partial charge in [0.25, 0.3) is 0 Å². The molecule has 2 aromatic carbocycles. The van der Waals surface area contributed by atoms with E-state index in [1.807, 2.05) is 31.3 Å². The van der Waals surface area contributed by atoms with Gasteiger partial charge in [-0.2, -0.15) is 0 Å². The summed E-state index contributed by atoms with van der Waals surface area (Å²) in [6.45, 7) is 0. The topological polar surface area (TPSA) is 29.5 Å². The van der Waals surface area contributed by atoms with Gasteiger partial charge < -0.3 is 9.64 Å². The second-order valence-electron chi connectivity index (χ2n) is 4.30. The number of rotatable bonds is 1. The van der Waals surface area contributed by atoms with Gasteiger partial charge in [-0.15, -0.1) is 0 Å². The fourth-order valence-corrected chi connectivity index (χ4v) is 3.38. The number of carbonyl (C=O) groups excluding carboxylic acids is 1. The smallest absolute Gasteiger partial charge is 0.337 e. The summed E-state index contributed by atoms with van der Waals surface area (Å²) in [6, 6.07) is 13.9. The van der Waals surface area contributed by atoms with E-state index >= 15 is 0 Å². The van der Waals surface area contributed by atoms with E-state index in [2.05, 4.69) is 17.0 Å². The predicted molar refractivity (Wildman–Crippen MR) is 76.4 cm³/mol. The number of benzene rings is 2. The van der Waals surface area contributed by atoms with E-state index in [9.17, 15) is 4.79 Å². The average molecular weight is 271 g/mol. The number of para-hydroxylation sites is 1. The summed E-state index contributed by atoms with van der Waals surface area (Å²) in [6.07, 6.45) is 0. The van der Waals surface area contributed by atoms with Crippen LogP contribution in [0.15, 0.2) is 52.3 Å². The number of hydrogen-bond acceptors (Lipinski definition) is 4. The van der Waals surface area contributed by atoms with Crippen LogP contribution in [0.4, 0.5) is 11.4 Å². The third-order valence-electron chi connectivity index (χ3n) is 3.19. The minimum atomic E-state index is -0.301. The molecule has 1 aliphatic heterocycles. The monoisotopic (exact) mass is 271 g/mol. The predicted octanol–water partition coefficient (Wildman–Crippen LogP) is 3.71. The Bertz CT molecular complexity index is 654. The molecule has 0 spiro atoms. The zero-order valence-electron chi connectivity index (χ0n) is 10.7. The first kappa shape index (κ1) is 12.1. The van der Waals surface area contributed by atoms with Crippen LogP contribution in [0.1, 0.15) is 10.4 Å². The zero-order valence-corrected chi connectivity index (χ0v) is 11.5. The molecule has 3 nitrogen and oxygen atoms in total. The van der Waals surface area contributed by atoms with Crippen molar-refractivity contribution in [1.29, 1.82) is 0 Å². The molecule has 2 aromatic rings. The quantitative estimate of drug-likeness (QED) is 0.740. The summed E-state index contributed by atoms with van der Waals surface area (Å²) in [4.78, 5) is 16.0. The number of fused-ring (bicyclic) bond motifs is 2. The Morgan fingerprint density at radius 2 is 1.84 bits per heavy atom. The van der Waals surface area contributed by atoms with Crippen molar-refractivity contribution in [2.75, 3.05) is 19.1 Å². The molecule has 0 aromatic heterocycles. The summed E-state index contributed by atoms with van der Waals surface area (Å²) < 4.78 is 4.76. The highest BCUT2D eigenvalue weighted by molar-refractivity contribution is 7.99. The number of esters is 1. The SMILES string of the molecule is COC(=O)c1ccc2c(c1)Sc1ccccc1N2C.